The van der Waals surface area contributed by atoms with Gasteiger partial charge in [0.25, 0.3) is 0 Å². The molecule has 5 heteroatoms. The second-order valence-electron chi connectivity index (χ2n) is 4.86. The van der Waals surface area contributed by atoms with Gasteiger partial charge in [-0.2, -0.15) is 0 Å². The van der Waals surface area contributed by atoms with Crippen LogP contribution in [0.25, 0.3) is 0 Å². The van der Waals surface area contributed by atoms with Gasteiger partial charge < -0.3 is 20.3 Å². The van der Waals surface area contributed by atoms with Crippen LogP contribution in [0.15, 0.2) is 24.3 Å². The summed E-state index contributed by atoms with van der Waals surface area (Å²) in [6, 6.07) is 7.08. The number of aromatic hydroxyl groups is 1. The zero-order chi connectivity index (χ0) is 13.5. The van der Waals surface area contributed by atoms with E-state index >= 15 is 0 Å². The van der Waals surface area contributed by atoms with Crippen molar-refractivity contribution in [1.29, 1.82) is 0 Å². The standard InChI is InChI=1S/C14H22N2O3/c17-13-3-1-12(2-4-13)9-15-10-14(18)11-16-5-7-19-8-6-16/h1-4,14-15,17-18H,5-11H2. The highest BCUT2D eigenvalue weighted by Crippen LogP contribution is 2.09. The third-order valence-electron chi connectivity index (χ3n) is 3.22. The van der Waals surface area contributed by atoms with E-state index in [9.17, 15) is 10.2 Å². The quantitative estimate of drug-likeness (QED) is 0.685. The number of hydrogen-bond acceptors (Lipinski definition) is 5. The third-order valence-corrected chi connectivity index (χ3v) is 3.22. The van der Waals surface area contributed by atoms with Crippen molar-refractivity contribution in [3.63, 3.8) is 0 Å². The Morgan fingerprint density at radius 2 is 1.89 bits per heavy atom. The first-order valence-electron chi connectivity index (χ1n) is 6.71. The van der Waals surface area contributed by atoms with Crippen LogP contribution in [0.4, 0.5) is 0 Å². The summed E-state index contributed by atoms with van der Waals surface area (Å²) in [5, 5.41) is 22.3. The Hall–Kier alpha value is -1.14. The second kappa shape index (κ2) is 7.45. The molecule has 0 radical (unpaired) electrons. The molecule has 5 nitrogen and oxygen atoms in total. The average Bonchev–Trinajstić information content (AvgIpc) is 2.42. The summed E-state index contributed by atoms with van der Waals surface area (Å²) < 4.78 is 5.27. The molecule has 1 aliphatic rings. The molecular weight excluding hydrogens is 244 g/mol. The van der Waals surface area contributed by atoms with E-state index in [1.807, 2.05) is 12.1 Å². The smallest absolute Gasteiger partial charge is 0.115 e. The van der Waals surface area contributed by atoms with Crippen molar-refractivity contribution in [2.75, 3.05) is 39.4 Å². The normalized spacial score (nSPS) is 18.4. The number of phenolic OH excluding ortho intramolecular Hbond substituents is 1. The molecule has 1 unspecified atom stereocenters. The van der Waals surface area contributed by atoms with Gasteiger partial charge in [-0.3, -0.25) is 4.90 Å². The van der Waals surface area contributed by atoms with Crippen LogP contribution in [0.2, 0.25) is 0 Å². The van der Waals surface area contributed by atoms with E-state index in [0.717, 1.165) is 31.9 Å². The predicted molar refractivity (Wildman–Crippen MR) is 73.1 cm³/mol. The summed E-state index contributed by atoms with van der Waals surface area (Å²) in [6.45, 7) is 5.26. The van der Waals surface area contributed by atoms with Gasteiger partial charge >= 0.3 is 0 Å². The van der Waals surface area contributed by atoms with E-state index in [1.165, 1.54) is 0 Å². The lowest BCUT2D eigenvalue weighted by Gasteiger charge is -2.28. The van der Waals surface area contributed by atoms with Crippen LogP contribution < -0.4 is 5.32 Å². The van der Waals surface area contributed by atoms with Gasteiger partial charge in [0.15, 0.2) is 0 Å². The Labute approximate surface area is 113 Å². The van der Waals surface area contributed by atoms with E-state index in [1.54, 1.807) is 12.1 Å². The molecule has 1 atom stereocenters. The molecule has 1 aromatic rings. The topological polar surface area (TPSA) is 65.0 Å². The molecule has 0 aliphatic carbocycles. The zero-order valence-electron chi connectivity index (χ0n) is 11.1. The van der Waals surface area contributed by atoms with E-state index in [4.69, 9.17) is 4.74 Å². The molecule has 0 amide bonds. The van der Waals surface area contributed by atoms with Gasteiger partial charge in [0.1, 0.15) is 5.75 Å². The van der Waals surface area contributed by atoms with E-state index in [0.29, 0.717) is 19.6 Å². The molecule has 3 N–H and O–H groups in total. The molecule has 1 heterocycles. The minimum Gasteiger partial charge on any atom is -0.508 e. The summed E-state index contributed by atoms with van der Waals surface area (Å²) in [5.74, 6) is 0.274. The van der Waals surface area contributed by atoms with Crippen molar-refractivity contribution in [3.8, 4) is 5.75 Å². The highest BCUT2D eigenvalue weighted by Gasteiger charge is 2.14. The first kappa shape index (κ1) is 14.3. The number of ether oxygens (including phenoxy) is 1. The Morgan fingerprint density at radius 3 is 2.58 bits per heavy atom. The summed E-state index contributed by atoms with van der Waals surface area (Å²) in [7, 11) is 0. The molecule has 0 saturated carbocycles. The highest BCUT2D eigenvalue weighted by atomic mass is 16.5. The summed E-state index contributed by atoms with van der Waals surface area (Å²) in [6.07, 6.45) is -0.366. The van der Waals surface area contributed by atoms with Crippen LogP contribution in [0.1, 0.15) is 5.56 Å². The molecular formula is C14H22N2O3. The molecule has 106 valence electrons. The molecule has 1 fully saturated rings. The van der Waals surface area contributed by atoms with Crippen molar-refractivity contribution in [3.05, 3.63) is 29.8 Å². The number of benzene rings is 1. The van der Waals surface area contributed by atoms with Crippen molar-refractivity contribution in [1.82, 2.24) is 10.2 Å². The van der Waals surface area contributed by atoms with Crippen LogP contribution in [-0.2, 0) is 11.3 Å². The fraction of sp³-hybridized carbons (Fsp3) is 0.571. The second-order valence-corrected chi connectivity index (χ2v) is 4.86. The van der Waals surface area contributed by atoms with Crippen LogP contribution in [0, 0.1) is 0 Å². The van der Waals surface area contributed by atoms with Crippen molar-refractivity contribution < 1.29 is 14.9 Å². The van der Waals surface area contributed by atoms with Gasteiger partial charge in [-0.1, -0.05) is 12.1 Å². The van der Waals surface area contributed by atoms with Crippen molar-refractivity contribution in [2.24, 2.45) is 0 Å². The fourth-order valence-electron chi connectivity index (χ4n) is 2.14. The van der Waals surface area contributed by atoms with E-state index in [-0.39, 0.29) is 11.9 Å². The van der Waals surface area contributed by atoms with Gasteiger partial charge in [-0.05, 0) is 17.7 Å². The van der Waals surface area contributed by atoms with Crippen LogP contribution in [-0.4, -0.2) is 60.6 Å². The minimum atomic E-state index is -0.366. The van der Waals surface area contributed by atoms with Gasteiger partial charge in [-0.25, -0.2) is 0 Å². The lowest BCUT2D eigenvalue weighted by atomic mass is 10.2. The number of morpholine rings is 1. The molecule has 1 aliphatic heterocycles. The Morgan fingerprint density at radius 1 is 1.21 bits per heavy atom. The lowest BCUT2D eigenvalue weighted by Crippen LogP contribution is -2.43. The molecule has 0 aromatic heterocycles. The largest absolute Gasteiger partial charge is 0.508 e. The highest BCUT2D eigenvalue weighted by molar-refractivity contribution is 5.25. The first-order valence-corrected chi connectivity index (χ1v) is 6.71. The Balaban J connectivity index is 1.63. The fourth-order valence-corrected chi connectivity index (χ4v) is 2.14. The van der Waals surface area contributed by atoms with Crippen molar-refractivity contribution in [2.45, 2.75) is 12.6 Å². The number of hydrogen-bond donors (Lipinski definition) is 3. The number of aliphatic hydroxyl groups excluding tert-OH is 1. The number of aliphatic hydroxyl groups is 1. The van der Waals surface area contributed by atoms with Gasteiger partial charge in [0.2, 0.25) is 0 Å². The zero-order valence-corrected chi connectivity index (χ0v) is 11.1. The number of phenols is 1. The molecule has 0 bridgehead atoms. The molecule has 0 spiro atoms. The van der Waals surface area contributed by atoms with Gasteiger partial charge in [0.05, 0.1) is 19.3 Å². The van der Waals surface area contributed by atoms with E-state index in [2.05, 4.69) is 10.2 Å². The van der Waals surface area contributed by atoms with Crippen molar-refractivity contribution >= 4 is 0 Å². The first-order chi connectivity index (χ1) is 9.24. The molecule has 1 saturated heterocycles. The summed E-state index contributed by atoms with van der Waals surface area (Å²) >= 11 is 0. The molecule has 19 heavy (non-hydrogen) atoms. The monoisotopic (exact) mass is 266 g/mol. The Kier molecular flexibility index (Phi) is 5.60. The number of rotatable bonds is 6. The lowest BCUT2D eigenvalue weighted by molar-refractivity contribution is 0.0149. The Bertz CT molecular complexity index is 363. The maximum Gasteiger partial charge on any atom is 0.115 e. The van der Waals surface area contributed by atoms with Gasteiger partial charge in [-0.15, -0.1) is 0 Å². The minimum absolute atomic E-state index is 0.274. The third kappa shape index (κ3) is 5.16. The van der Waals surface area contributed by atoms with Crippen LogP contribution >= 0.6 is 0 Å². The SMILES string of the molecule is Oc1ccc(CNCC(O)CN2CCOCC2)cc1. The number of nitrogens with zero attached hydrogens (tertiary/aromatic N) is 1. The molecule has 1 aromatic carbocycles. The van der Waals surface area contributed by atoms with E-state index < -0.39 is 0 Å². The number of nitrogens with one attached hydrogen (secondary N) is 1. The maximum absolute atomic E-state index is 9.94. The number of β-amino-alcohol motifs (C(OH)–C–C–N with tert-alkyl or cyclic N) is 1. The predicted octanol–water partition coefficient (Wildman–Crippen LogP) is 0.175. The van der Waals surface area contributed by atoms with Gasteiger partial charge in [0, 0.05) is 32.7 Å². The molecule has 2 rings (SSSR count). The van der Waals surface area contributed by atoms with Crippen LogP contribution in [0.5, 0.6) is 5.75 Å². The average molecular weight is 266 g/mol. The summed E-state index contributed by atoms with van der Waals surface area (Å²) in [4.78, 5) is 2.22. The van der Waals surface area contributed by atoms with Crippen LogP contribution in [0.3, 0.4) is 0 Å². The summed E-state index contributed by atoms with van der Waals surface area (Å²) in [5.41, 5.74) is 1.09. The maximum atomic E-state index is 9.94.